The molecule has 2 rings (SSSR count). The maximum absolute atomic E-state index is 12.1. The number of carbonyl (C=O) groups excluding carboxylic acids is 1. The maximum Gasteiger partial charge on any atom is 0.315 e. The van der Waals surface area contributed by atoms with Crippen molar-refractivity contribution in [2.75, 3.05) is 6.61 Å². The number of rotatable bonds is 4. The van der Waals surface area contributed by atoms with Crippen molar-refractivity contribution in [2.45, 2.75) is 19.8 Å². The molecule has 110 valence electrons. The highest BCUT2D eigenvalue weighted by Gasteiger charge is 2.34. The second-order valence-corrected chi connectivity index (χ2v) is 4.61. The molecule has 0 amide bonds. The topological polar surface area (TPSA) is 94.2 Å². The second kappa shape index (κ2) is 6.25. The summed E-state index contributed by atoms with van der Waals surface area (Å²) in [6, 6.07) is 6.17. The number of esters is 1. The second-order valence-electron chi connectivity index (χ2n) is 4.61. The van der Waals surface area contributed by atoms with Crippen LogP contribution >= 0.6 is 0 Å². The molecule has 0 N–H and O–H groups in total. The van der Waals surface area contributed by atoms with Crippen LogP contribution in [0.3, 0.4) is 0 Å². The first-order chi connectivity index (χ1) is 10.0. The standard InChI is InChI=1S/C14H15N3O4/c1-3-21-14(18)13-9(2)16-15-8-12(13)10-5-4-6-11(7-10)17(19)20/h4-8,12-13H,3H2,1-2H3. The van der Waals surface area contributed by atoms with Gasteiger partial charge in [0.15, 0.2) is 0 Å². The van der Waals surface area contributed by atoms with Crippen LogP contribution in [0.2, 0.25) is 0 Å². The van der Waals surface area contributed by atoms with Gasteiger partial charge in [-0.25, -0.2) is 0 Å². The lowest BCUT2D eigenvalue weighted by molar-refractivity contribution is -0.384. The van der Waals surface area contributed by atoms with Gasteiger partial charge < -0.3 is 4.74 Å². The molecule has 2 atom stereocenters. The van der Waals surface area contributed by atoms with Crippen LogP contribution in [0.5, 0.6) is 0 Å². The Hall–Kier alpha value is -2.57. The summed E-state index contributed by atoms with van der Waals surface area (Å²) in [7, 11) is 0. The minimum Gasteiger partial charge on any atom is -0.465 e. The molecule has 0 saturated carbocycles. The molecule has 0 bridgehead atoms. The molecule has 1 heterocycles. The van der Waals surface area contributed by atoms with Crippen LogP contribution in [0, 0.1) is 16.0 Å². The van der Waals surface area contributed by atoms with E-state index in [1.165, 1.54) is 18.3 Å². The zero-order chi connectivity index (χ0) is 15.4. The van der Waals surface area contributed by atoms with Crippen LogP contribution in [0.4, 0.5) is 5.69 Å². The fourth-order valence-corrected chi connectivity index (χ4v) is 2.28. The minimum atomic E-state index is -0.607. The van der Waals surface area contributed by atoms with Gasteiger partial charge in [0.05, 0.1) is 17.2 Å². The first-order valence-corrected chi connectivity index (χ1v) is 6.53. The highest BCUT2D eigenvalue weighted by atomic mass is 16.6. The Morgan fingerprint density at radius 1 is 1.48 bits per heavy atom. The van der Waals surface area contributed by atoms with Crippen LogP contribution in [-0.4, -0.2) is 29.4 Å². The van der Waals surface area contributed by atoms with E-state index in [9.17, 15) is 14.9 Å². The highest BCUT2D eigenvalue weighted by Crippen LogP contribution is 2.30. The summed E-state index contributed by atoms with van der Waals surface area (Å²) in [5.41, 5.74) is 1.15. The molecule has 0 aromatic heterocycles. The van der Waals surface area contributed by atoms with Crippen molar-refractivity contribution in [3.63, 3.8) is 0 Å². The maximum atomic E-state index is 12.1. The van der Waals surface area contributed by atoms with Gasteiger partial charge >= 0.3 is 5.97 Å². The third kappa shape index (κ3) is 3.13. The molecule has 2 unspecified atom stereocenters. The zero-order valence-electron chi connectivity index (χ0n) is 11.7. The molecule has 7 nitrogen and oxygen atoms in total. The number of hydrogen-bond acceptors (Lipinski definition) is 6. The average molecular weight is 289 g/mol. The average Bonchev–Trinajstić information content (AvgIpc) is 2.47. The molecule has 0 saturated heterocycles. The Balaban J connectivity index is 2.38. The lowest BCUT2D eigenvalue weighted by atomic mass is 9.83. The third-order valence-corrected chi connectivity index (χ3v) is 3.26. The van der Waals surface area contributed by atoms with E-state index in [0.717, 1.165) is 0 Å². The summed E-state index contributed by atoms with van der Waals surface area (Å²) < 4.78 is 5.07. The summed E-state index contributed by atoms with van der Waals surface area (Å²) in [6.45, 7) is 3.69. The van der Waals surface area contributed by atoms with E-state index in [2.05, 4.69) is 10.2 Å². The van der Waals surface area contributed by atoms with Gasteiger partial charge in [-0.15, -0.1) is 0 Å². The first kappa shape index (κ1) is 14.8. The van der Waals surface area contributed by atoms with Gasteiger partial charge in [-0.3, -0.25) is 14.9 Å². The summed E-state index contributed by atoms with van der Waals surface area (Å²) >= 11 is 0. The highest BCUT2D eigenvalue weighted by molar-refractivity contribution is 6.06. The zero-order valence-corrected chi connectivity index (χ0v) is 11.7. The van der Waals surface area contributed by atoms with Gasteiger partial charge in [-0.1, -0.05) is 12.1 Å². The van der Waals surface area contributed by atoms with E-state index in [4.69, 9.17) is 4.74 Å². The van der Waals surface area contributed by atoms with Gasteiger partial charge in [0, 0.05) is 24.3 Å². The Morgan fingerprint density at radius 3 is 2.90 bits per heavy atom. The molecular weight excluding hydrogens is 274 g/mol. The summed E-state index contributed by atoms with van der Waals surface area (Å²) in [6.07, 6.45) is 1.52. The summed E-state index contributed by atoms with van der Waals surface area (Å²) in [5, 5.41) is 18.6. The Labute approximate surface area is 121 Å². The van der Waals surface area contributed by atoms with Gasteiger partial charge in [-0.05, 0) is 19.4 Å². The van der Waals surface area contributed by atoms with Crippen molar-refractivity contribution in [3.8, 4) is 0 Å². The molecule has 21 heavy (non-hydrogen) atoms. The van der Waals surface area contributed by atoms with Gasteiger partial charge in [0.25, 0.3) is 5.69 Å². The van der Waals surface area contributed by atoms with E-state index in [-0.39, 0.29) is 12.3 Å². The largest absolute Gasteiger partial charge is 0.465 e. The van der Waals surface area contributed by atoms with E-state index in [0.29, 0.717) is 11.3 Å². The molecule has 0 fully saturated rings. The van der Waals surface area contributed by atoms with Gasteiger partial charge in [-0.2, -0.15) is 10.2 Å². The van der Waals surface area contributed by atoms with Crippen molar-refractivity contribution in [2.24, 2.45) is 16.1 Å². The number of ether oxygens (including phenoxy) is 1. The van der Waals surface area contributed by atoms with Crippen molar-refractivity contribution in [3.05, 3.63) is 39.9 Å². The number of nitro benzene ring substituents is 1. The quantitative estimate of drug-likeness (QED) is 0.483. The third-order valence-electron chi connectivity index (χ3n) is 3.26. The number of benzene rings is 1. The minimum absolute atomic E-state index is 0.0244. The predicted octanol–water partition coefficient (Wildman–Crippen LogP) is 2.32. The van der Waals surface area contributed by atoms with Crippen molar-refractivity contribution >= 4 is 23.6 Å². The predicted molar refractivity (Wildman–Crippen MR) is 77.6 cm³/mol. The molecule has 0 spiro atoms. The smallest absolute Gasteiger partial charge is 0.315 e. The number of nitro groups is 1. The SMILES string of the molecule is CCOC(=O)C1C(C)=NN=CC1c1cccc([N+](=O)[O-])c1. The normalized spacial score (nSPS) is 20.8. The van der Waals surface area contributed by atoms with Crippen LogP contribution in [0.1, 0.15) is 25.3 Å². The number of carbonyl (C=O) groups is 1. The number of non-ortho nitro benzene ring substituents is 1. The van der Waals surface area contributed by atoms with Crippen LogP contribution < -0.4 is 0 Å². The number of nitrogens with zero attached hydrogens (tertiary/aromatic N) is 3. The lowest BCUT2D eigenvalue weighted by Gasteiger charge is -2.24. The van der Waals surface area contributed by atoms with Crippen molar-refractivity contribution in [1.82, 2.24) is 0 Å². The molecule has 0 radical (unpaired) electrons. The van der Waals surface area contributed by atoms with Crippen LogP contribution in [-0.2, 0) is 9.53 Å². The molecule has 1 aromatic carbocycles. The molecule has 0 aliphatic carbocycles. The summed E-state index contributed by atoms with van der Waals surface area (Å²) in [5.74, 6) is -1.42. The van der Waals surface area contributed by atoms with E-state index < -0.39 is 22.7 Å². The Kier molecular flexibility index (Phi) is 4.42. The molecular formula is C14H15N3O4. The lowest BCUT2D eigenvalue weighted by Crippen LogP contribution is -2.33. The van der Waals surface area contributed by atoms with Gasteiger partial charge in [0.2, 0.25) is 0 Å². The molecule has 1 aromatic rings. The Bertz CT molecular complexity index is 624. The Morgan fingerprint density at radius 2 is 2.24 bits per heavy atom. The number of hydrogen-bond donors (Lipinski definition) is 0. The van der Waals surface area contributed by atoms with Crippen LogP contribution in [0.15, 0.2) is 34.5 Å². The first-order valence-electron chi connectivity index (χ1n) is 6.53. The van der Waals surface area contributed by atoms with Crippen molar-refractivity contribution < 1.29 is 14.5 Å². The molecule has 7 heteroatoms. The van der Waals surface area contributed by atoms with Gasteiger partial charge in [0.1, 0.15) is 5.92 Å². The van der Waals surface area contributed by atoms with E-state index in [1.807, 2.05) is 0 Å². The monoisotopic (exact) mass is 289 g/mol. The van der Waals surface area contributed by atoms with E-state index in [1.54, 1.807) is 26.0 Å². The summed E-state index contributed by atoms with van der Waals surface area (Å²) in [4.78, 5) is 22.5. The van der Waals surface area contributed by atoms with E-state index >= 15 is 0 Å². The molecule has 1 aliphatic rings. The van der Waals surface area contributed by atoms with Crippen molar-refractivity contribution in [1.29, 1.82) is 0 Å². The fraction of sp³-hybridized carbons (Fsp3) is 0.357. The van der Waals surface area contributed by atoms with Crippen LogP contribution in [0.25, 0.3) is 0 Å². The fourth-order valence-electron chi connectivity index (χ4n) is 2.28. The molecule has 1 aliphatic heterocycles.